The molecular formula is C15H22N2O9S. The van der Waals surface area contributed by atoms with Crippen LogP contribution >= 0.6 is 0 Å². The number of hydrogen-bond donors (Lipinski definition) is 4. The Morgan fingerprint density at radius 2 is 1.74 bits per heavy atom. The number of sulfone groups is 1. The molecule has 11 nitrogen and oxygen atoms in total. The van der Waals surface area contributed by atoms with E-state index in [9.17, 15) is 32.7 Å². The maximum atomic E-state index is 12.4. The van der Waals surface area contributed by atoms with Crippen molar-refractivity contribution in [2.24, 2.45) is 11.8 Å². The van der Waals surface area contributed by atoms with E-state index < -0.39 is 73.8 Å². The summed E-state index contributed by atoms with van der Waals surface area (Å²) in [6, 6.07) is -1.24. The van der Waals surface area contributed by atoms with Gasteiger partial charge in [0, 0.05) is 5.92 Å². The first-order valence-corrected chi connectivity index (χ1v) is 9.83. The van der Waals surface area contributed by atoms with Crippen LogP contribution in [0.4, 0.5) is 4.79 Å². The number of carboxylic acid groups (broad SMARTS) is 2. The van der Waals surface area contributed by atoms with Gasteiger partial charge in [0.1, 0.15) is 11.6 Å². The van der Waals surface area contributed by atoms with Gasteiger partial charge in [0.05, 0.1) is 16.9 Å². The van der Waals surface area contributed by atoms with Crippen LogP contribution in [0.15, 0.2) is 0 Å². The minimum absolute atomic E-state index is 0.821. The Balaban J connectivity index is 2.18. The predicted molar refractivity (Wildman–Crippen MR) is 89.5 cm³/mol. The maximum absolute atomic E-state index is 12.4. The van der Waals surface area contributed by atoms with E-state index in [4.69, 9.17) is 9.84 Å². The summed E-state index contributed by atoms with van der Waals surface area (Å²) in [4.78, 5) is 47.1. The average Bonchev–Trinajstić information content (AvgIpc) is 3.15. The van der Waals surface area contributed by atoms with E-state index in [1.165, 1.54) is 6.92 Å². The topological polar surface area (TPSA) is 176 Å². The van der Waals surface area contributed by atoms with Crippen LogP contribution in [0.25, 0.3) is 0 Å². The highest BCUT2D eigenvalue weighted by atomic mass is 32.2. The van der Waals surface area contributed by atoms with E-state index in [0.717, 1.165) is 0 Å². The third-order valence-electron chi connectivity index (χ3n) is 4.51. The Morgan fingerprint density at radius 3 is 2.15 bits per heavy atom. The normalized spacial score (nSPS) is 31.9. The van der Waals surface area contributed by atoms with Gasteiger partial charge in [-0.05, 0) is 27.7 Å². The second kappa shape index (κ2) is 6.36. The fourth-order valence-electron chi connectivity index (χ4n) is 3.38. The minimum Gasteiger partial charge on any atom is -0.481 e. The number of rotatable bonds is 5. The fraction of sp³-hybridized carbons (Fsp3) is 0.733. The molecule has 0 bridgehead atoms. The van der Waals surface area contributed by atoms with Crippen molar-refractivity contribution >= 4 is 33.8 Å². The van der Waals surface area contributed by atoms with E-state index in [1.807, 2.05) is 0 Å². The fourth-order valence-corrected chi connectivity index (χ4v) is 6.08. The van der Waals surface area contributed by atoms with Gasteiger partial charge in [-0.1, -0.05) is 0 Å². The van der Waals surface area contributed by atoms with Gasteiger partial charge in [-0.3, -0.25) is 9.59 Å². The quantitative estimate of drug-likeness (QED) is 0.444. The highest BCUT2D eigenvalue weighted by Gasteiger charge is 2.79. The first-order chi connectivity index (χ1) is 12.1. The molecule has 0 aromatic rings. The number of hydrogen-bond acceptors (Lipinski definition) is 7. The standard InChI is InChI=1S/C15H22N2O9S/c1-6(16-13(23)26-14(2,3)4)10(18)17-15(12(21)22)5-27(24,25)9-7(8(9)15)11(19)20/h6-9H,5H2,1-4H3,(H,16,23)(H,17,18)(H,19,20)(H,21,22)/t6?,7-,8-,9+,15+/m1/s1. The average molecular weight is 406 g/mol. The van der Waals surface area contributed by atoms with Crippen LogP contribution in [-0.4, -0.2) is 70.8 Å². The molecule has 4 N–H and O–H groups in total. The second-order valence-electron chi connectivity index (χ2n) is 7.80. The smallest absolute Gasteiger partial charge is 0.408 e. The molecule has 0 aromatic heterocycles. The molecule has 1 aliphatic carbocycles. The lowest BCUT2D eigenvalue weighted by Crippen LogP contribution is -2.62. The van der Waals surface area contributed by atoms with Crippen LogP contribution in [0.5, 0.6) is 0 Å². The summed E-state index contributed by atoms with van der Waals surface area (Å²) >= 11 is 0. The zero-order valence-electron chi connectivity index (χ0n) is 15.2. The van der Waals surface area contributed by atoms with Crippen molar-refractivity contribution in [3.63, 3.8) is 0 Å². The number of aliphatic carboxylic acids is 2. The SMILES string of the molecule is CC(NC(=O)OC(C)(C)C)C(=O)N[C@@]1(C(=O)O)CS(=O)(=O)[C@H]2[C@H](C(=O)O)[C@H]21. The summed E-state index contributed by atoms with van der Waals surface area (Å²) in [7, 11) is -4.00. The Labute approximate surface area is 155 Å². The van der Waals surface area contributed by atoms with Crippen molar-refractivity contribution < 1.29 is 42.5 Å². The molecule has 12 heteroatoms. The Kier molecular flexibility index (Phi) is 4.93. The van der Waals surface area contributed by atoms with Crippen LogP contribution in [0, 0.1) is 11.8 Å². The lowest BCUT2D eigenvalue weighted by molar-refractivity contribution is -0.148. The molecule has 2 amide bonds. The number of alkyl carbamates (subject to hydrolysis) is 1. The summed E-state index contributed by atoms with van der Waals surface area (Å²) in [5.74, 6) is -7.60. The number of carbonyl (C=O) groups is 4. The van der Waals surface area contributed by atoms with E-state index in [-0.39, 0.29) is 0 Å². The zero-order valence-corrected chi connectivity index (χ0v) is 16.0. The molecule has 5 atom stereocenters. The lowest BCUT2D eigenvalue weighted by atomic mass is 9.93. The molecule has 1 saturated heterocycles. The van der Waals surface area contributed by atoms with Crippen molar-refractivity contribution in [1.82, 2.24) is 10.6 Å². The van der Waals surface area contributed by atoms with Crippen molar-refractivity contribution in [2.75, 3.05) is 5.75 Å². The first-order valence-electron chi connectivity index (χ1n) is 8.12. The van der Waals surface area contributed by atoms with Crippen LogP contribution in [-0.2, 0) is 29.0 Å². The molecule has 1 saturated carbocycles. The highest BCUT2D eigenvalue weighted by molar-refractivity contribution is 7.92. The number of amides is 2. The van der Waals surface area contributed by atoms with Gasteiger partial charge < -0.3 is 25.6 Å². The van der Waals surface area contributed by atoms with E-state index >= 15 is 0 Å². The summed E-state index contributed by atoms with van der Waals surface area (Å²) in [5, 5.41) is 21.7. The van der Waals surface area contributed by atoms with Gasteiger partial charge in [0.25, 0.3) is 0 Å². The molecule has 1 heterocycles. The van der Waals surface area contributed by atoms with Gasteiger partial charge in [0.15, 0.2) is 15.4 Å². The third kappa shape index (κ3) is 3.84. The van der Waals surface area contributed by atoms with Crippen molar-refractivity contribution in [1.29, 1.82) is 0 Å². The summed E-state index contributed by atoms with van der Waals surface area (Å²) in [6.07, 6.45) is -0.915. The maximum Gasteiger partial charge on any atom is 0.408 e. The molecule has 0 aromatic carbocycles. The molecule has 2 fully saturated rings. The van der Waals surface area contributed by atoms with Crippen molar-refractivity contribution in [3.8, 4) is 0 Å². The zero-order chi connectivity index (χ0) is 20.9. The van der Waals surface area contributed by atoms with E-state index in [0.29, 0.717) is 0 Å². The van der Waals surface area contributed by atoms with Gasteiger partial charge in [-0.2, -0.15) is 0 Å². The van der Waals surface area contributed by atoms with E-state index in [1.54, 1.807) is 20.8 Å². The van der Waals surface area contributed by atoms with Crippen LogP contribution in [0.1, 0.15) is 27.7 Å². The molecular weight excluding hydrogens is 384 g/mol. The number of carboxylic acids is 2. The van der Waals surface area contributed by atoms with Gasteiger partial charge in [0.2, 0.25) is 5.91 Å². The molecule has 0 radical (unpaired) electrons. The molecule has 0 spiro atoms. The van der Waals surface area contributed by atoms with Crippen LogP contribution in [0.2, 0.25) is 0 Å². The number of carbonyl (C=O) groups excluding carboxylic acids is 2. The monoisotopic (exact) mass is 406 g/mol. The minimum atomic E-state index is -4.00. The lowest BCUT2D eigenvalue weighted by Gasteiger charge is -2.29. The predicted octanol–water partition coefficient (Wildman–Crippen LogP) is -1.03. The Hall–Kier alpha value is -2.37. The number of nitrogens with one attached hydrogen (secondary N) is 2. The first kappa shape index (κ1) is 20.9. The van der Waals surface area contributed by atoms with Crippen LogP contribution in [0.3, 0.4) is 0 Å². The molecule has 2 aliphatic rings. The molecule has 152 valence electrons. The largest absolute Gasteiger partial charge is 0.481 e. The Bertz CT molecular complexity index is 801. The summed E-state index contributed by atoms with van der Waals surface area (Å²) in [5.41, 5.74) is -3.08. The summed E-state index contributed by atoms with van der Waals surface area (Å²) in [6.45, 7) is 6.09. The molecule has 1 unspecified atom stereocenters. The molecule has 27 heavy (non-hydrogen) atoms. The van der Waals surface area contributed by atoms with E-state index in [2.05, 4.69) is 10.6 Å². The third-order valence-corrected chi connectivity index (χ3v) is 6.78. The van der Waals surface area contributed by atoms with Gasteiger partial charge in [-0.15, -0.1) is 0 Å². The number of fused-ring (bicyclic) bond motifs is 1. The van der Waals surface area contributed by atoms with Gasteiger partial charge >= 0.3 is 18.0 Å². The van der Waals surface area contributed by atoms with Crippen molar-refractivity contribution in [2.45, 2.75) is 50.1 Å². The second-order valence-corrected chi connectivity index (χ2v) is 9.95. The number of ether oxygens (including phenoxy) is 1. The van der Waals surface area contributed by atoms with Crippen LogP contribution < -0.4 is 10.6 Å². The Morgan fingerprint density at radius 1 is 1.19 bits per heavy atom. The molecule has 1 aliphatic heterocycles. The van der Waals surface area contributed by atoms with Gasteiger partial charge in [-0.25, -0.2) is 18.0 Å². The molecule has 2 rings (SSSR count). The summed E-state index contributed by atoms with van der Waals surface area (Å²) < 4.78 is 29.3. The highest BCUT2D eigenvalue weighted by Crippen LogP contribution is 2.57. The van der Waals surface area contributed by atoms with Crippen molar-refractivity contribution in [3.05, 3.63) is 0 Å².